The molecule has 0 spiro atoms. The second kappa shape index (κ2) is 6.63. The van der Waals surface area contributed by atoms with Crippen LogP contribution in [0.3, 0.4) is 0 Å². The highest BCUT2D eigenvalue weighted by Gasteiger charge is 2.12. The minimum Gasteiger partial charge on any atom is -0.495 e. The van der Waals surface area contributed by atoms with Gasteiger partial charge in [0.25, 0.3) is 0 Å². The van der Waals surface area contributed by atoms with Crippen molar-refractivity contribution in [3.05, 3.63) is 41.2 Å². The number of amides is 1. The van der Waals surface area contributed by atoms with Gasteiger partial charge >= 0.3 is 0 Å². The molecular formula is C15H18ClN3O2. The first kappa shape index (κ1) is 15.4. The number of halogens is 1. The van der Waals surface area contributed by atoms with Crippen LogP contribution in [0.2, 0.25) is 5.02 Å². The molecule has 2 aromatic rings. The van der Waals surface area contributed by atoms with Crippen molar-refractivity contribution in [3.8, 4) is 5.75 Å². The fourth-order valence-electron chi connectivity index (χ4n) is 2.00. The lowest BCUT2D eigenvalue weighted by molar-refractivity contribution is -0.116. The minimum absolute atomic E-state index is 0.00702. The van der Waals surface area contributed by atoms with Crippen LogP contribution in [0.5, 0.6) is 5.75 Å². The number of hydrogen-bond donors (Lipinski definition) is 1. The van der Waals surface area contributed by atoms with Gasteiger partial charge in [-0.3, -0.25) is 9.48 Å². The molecule has 1 aromatic heterocycles. The first-order valence-electron chi connectivity index (χ1n) is 6.64. The van der Waals surface area contributed by atoms with E-state index >= 15 is 0 Å². The molecule has 6 heteroatoms. The number of anilines is 1. The first-order chi connectivity index (χ1) is 9.99. The summed E-state index contributed by atoms with van der Waals surface area (Å²) in [6.07, 6.45) is 2.21. The Kier molecular flexibility index (Phi) is 4.85. The zero-order valence-electron chi connectivity index (χ0n) is 12.3. The lowest BCUT2D eigenvalue weighted by atomic mass is 10.2. The van der Waals surface area contributed by atoms with Gasteiger partial charge in [0.15, 0.2) is 0 Å². The van der Waals surface area contributed by atoms with Crippen molar-refractivity contribution in [2.24, 2.45) is 0 Å². The predicted octanol–water partition coefficient (Wildman–Crippen LogP) is 3.44. The Balaban J connectivity index is 1.97. The molecule has 0 aliphatic heterocycles. The monoisotopic (exact) mass is 307 g/mol. The van der Waals surface area contributed by atoms with Crippen molar-refractivity contribution in [2.75, 3.05) is 12.4 Å². The first-order valence-corrected chi connectivity index (χ1v) is 7.02. The normalized spacial score (nSPS) is 12.0. The average Bonchev–Trinajstić information content (AvgIpc) is 2.85. The van der Waals surface area contributed by atoms with Crippen LogP contribution in [0, 0.1) is 6.92 Å². The number of carbonyl (C=O) groups is 1. The maximum atomic E-state index is 12.0. The third-order valence-electron chi connectivity index (χ3n) is 3.11. The number of nitrogens with one attached hydrogen (secondary N) is 1. The summed E-state index contributed by atoms with van der Waals surface area (Å²) < 4.78 is 6.86. The van der Waals surface area contributed by atoms with Gasteiger partial charge in [-0.2, -0.15) is 5.10 Å². The largest absolute Gasteiger partial charge is 0.495 e. The second-order valence-corrected chi connectivity index (χ2v) is 5.29. The van der Waals surface area contributed by atoms with Crippen LogP contribution in [-0.2, 0) is 4.79 Å². The smallest absolute Gasteiger partial charge is 0.226 e. The summed E-state index contributed by atoms with van der Waals surface area (Å²) in [5.74, 6) is 0.493. The van der Waals surface area contributed by atoms with Crippen molar-refractivity contribution in [3.63, 3.8) is 0 Å². The van der Waals surface area contributed by atoms with E-state index < -0.39 is 0 Å². The van der Waals surface area contributed by atoms with Crippen LogP contribution < -0.4 is 10.1 Å². The molecule has 0 fully saturated rings. The Hall–Kier alpha value is -2.01. The topological polar surface area (TPSA) is 56.1 Å². The Bertz CT molecular complexity index is 640. The average molecular weight is 308 g/mol. The molecule has 0 unspecified atom stereocenters. The Morgan fingerprint density at radius 1 is 1.48 bits per heavy atom. The molecule has 112 valence electrons. The number of nitrogens with zero attached hydrogens (tertiary/aromatic N) is 2. The molecule has 1 amide bonds. The summed E-state index contributed by atoms with van der Waals surface area (Å²) >= 11 is 6.03. The number of aromatic nitrogens is 2. The van der Waals surface area contributed by atoms with Gasteiger partial charge in [0, 0.05) is 18.3 Å². The Labute approximate surface area is 128 Å². The van der Waals surface area contributed by atoms with E-state index in [0.29, 0.717) is 22.9 Å². The van der Waals surface area contributed by atoms with E-state index in [2.05, 4.69) is 10.4 Å². The highest BCUT2D eigenvalue weighted by molar-refractivity contribution is 6.32. The molecule has 0 bridgehead atoms. The molecule has 1 atom stereocenters. The van der Waals surface area contributed by atoms with Crippen LogP contribution in [0.25, 0.3) is 0 Å². The van der Waals surface area contributed by atoms with Crippen LogP contribution in [0.15, 0.2) is 30.5 Å². The quantitative estimate of drug-likeness (QED) is 0.920. The summed E-state index contributed by atoms with van der Waals surface area (Å²) in [6, 6.07) is 7.05. The maximum absolute atomic E-state index is 12.0. The highest BCUT2D eigenvalue weighted by atomic mass is 35.5. The number of carbonyl (C=O) groups excluding carboxylic acids is 1. The van der Waals surface area contributed by atoms with Crippen molar-refractivity contribution < 1.29 is 9.53 Å². The van der Waals surface area contributed by atoms with E-state index in [0.717, 1.165) is 5.69 Å². The fourth-order valence-corrected chi connectivity index (χ4v) is 2.25. The molecule has 2 rings (SSSR count). The number of methoxy groups -OCH3 is 1. The summed E-state index contributed by atoms with van der Waals surface area (Å²) in [4.78, 5) is 12.0. The summed E-state index contributed by atoms with van der Waals surface area (Å²) in [5, 5.41) is 7.59. The van der Waals surface area contributed by atoms with Gasteiger partial charge < -0.3 is 10.1 Å². The zero-order valence-corrected chi connectivity index (χ0v) is 13.0. The van der Waals surface area contributed by atoms with Crippen molar-refractivity contribution >= 4 is 23.2 Å². The SMILES string of the molecule is COc1ccc(NC(=O)C[C@H](C)n2ccc(C)n2)cc1Cl. The number of aryl methyl sites for hydroxylation is 1. The fraction of sp³-hybridized carbons (Fsp3) is 0.333. The van der Waals surface area contributed by atoms with Crippen LogP contribution in [0.1, 0.15) is 25.1 Å². The molecular weight excluding hydrogens is 290 g/mol. The van der Waals surface area contributed by atoms with E-state index in [-0.39, 0.29) is 11.9 Å². The third kappa shape index (κ3) is 3.98. The van der Waals surface area contributed by atoms with E-state index in [1.165, 1.54) is 0 Å². The van der Waals surface area contributed by atoms with Crippen molar-refractivity contribution in [1.82, 2.24) is 9.78 Å². The molecule has 1 heterocycles. The van der Waals surface area contributed by atoms with E-state index in [9.17, 15) is 4.79 Å². The molecule has 0 aliphatic rings. The maximum Gasteiger partial charge on any atom is 0.226 e. The minimum atomic E-state index is -0.0862. The molecule has 0 saturated heterocycles. The Morgan fingerprint density at radius 2 is 2.24 bits per heavy atom. The van der Waals surface area contributed by atoms with Gasteiger partial charge in [0.05, 0.1) is 23.9 Å². The number of ether oxygens (including phenoxy) is 1. The number of rotatable bonds is 5. The molecule has 5 nitrogen and oxygen atoms in total. The van der Waals surface area contributed by atoms with Crippen molar-refractivity contribution in [1.29, 1.82) is 0 Å². The lowest BCUT2D eigenvalue weighted by Crippen LogP contribution is -2.18. The summed E-state index contributed by atoms with van der Waals surface area (Å²) in [6.45, 7) is 3.87. The summed E-state index contributed by atoms with van der Waals surface area (Å²) in [5.41, 5.74) is 1.58. The molecule has 0 radical (unpaired) electrons. The van der Waals surface area contributed by atoms with Gasteiger partial charge in [-0.1, -0.05) is 11.6 Å². The van der Waals surface area contributed by atoms with E-state index in [1.807, 2.05) is 26.1 Å². The second-order valence-electron chi connectivity index (χ2n) is 4.89. The van der Waals surface area contributed by atoms with Gasteiger partial charge in [-0.05, 0) is 38.1 Å². The predicted molar refractivity (Wildman–Crippen MR) is 82.9 cm³/mol. The molecule has 1 aromatic carbocycles. The standard InChI is InChI=1S/C15H18ClN3O2/c1-10-6-7-19(18-10)11(2)8-15(20)17-12-4-5-14(21-3)13(16)9-12/h4-7,9,11H,8H2,1-3H3,(H,17,20)/t11-/m0/s1. The lowest BCUT2D eigenvalue weighted by Gasteiger charge is -2.13. The van der Waals surface area contributed by atoms with Crippen molar-refractivity contribution in [2.45, 2.75) is 26.3 Å². The van der Waals surface area contributed by atoms with E-state index in [1.54, 1.807) is 30.0 Å². The molecule has 1 N–H and O–H groups in total. The van der Waals surface area contributed by atoms with Gasteiger partial charge in [0.1, 0.15) is 5.75 Å². The number of hydrogen-bond acceptors (Lipinski definition) is 3. The number of benzene rings is 1. The van der Waals surface area contributed by atoms with Gasteiger partial charge in [0.2, 0.25) is 5.91 Å². The van der Waals surface area contributed by atoms with Crippen LogP contribution >= 0.6 is 11.6 Å². The van der Waals surface area contributed by atoms with E-state index in [4.69, 9.17) is 16.3 Å². The van der Waals surface area contributed by atoms with Gasteiger partial charge in [-0.25, -0.2) is 0 Å². The zero-order chi connectivity index (χ0) is 15.4. The Morgan fingerprint density at radius 3 is 2.81 bits per heavy atom. The summed E-state index contributed by atoms with van der Waals surface area (Å²) in [7, 11) is 1.55. The van der Waals surface area contributed by atoms with Gasteiger partial charge in [-0.15, -0.1) is 0 Å². The van der Waals surface area contributed by atoms with Crippen LogP contribution in [0.4, 0.5) is 5.69 Å². The molecule has 0 aliphatic carbocycles. The third-order valence-corrected chi connectivity index (χ3v) is 3.41. The molecule has 0 saturated carbocycles. The highest BCUT2D eigenvalue weighted by Crippen LogP contribution is 2.27. The molecule has 21 heavy (non-hydrogen) atoms. The van der Waals surface area contributed by atoms with Crippen LogP contribution in [-0.4, -0.2) is 22.8 Å².